The van der Waals surface area contributed by atoms with Crippen molar-refractivity contribution in [3.8, 4) is 0 Å². The zero-order valence-electron chi connectivity index (χ0n) is 12.6. The lowest BCUT2D eigenvalue weighted by molar-refractivity contribution is 0.0534. The normalized spacial score (nSPS) is 11.8. The molecule has 1 amide bonds. The highest BCUT2D eigenvalue weighted by Gasteiger charge is 2.14. The van der Waals surface area contributed by atoms with Gasteiger partial charge in [-0.05, 0) is 38.5 Å². The highest BCUT2D eigenvalue weighted by molar-refractivity contribution is 5.87. The van der Waals surface area contributed by atoms with Crippen molar-refractivity contribution >= 4 is 23.1 Å². The van der Waals surface area contributed by atoms with Crippen LogP contribution in [0.15, 0.2) is 42.6 Å². The Hall–Kier alpha value is -2.36. The standard InChI is InChI=1S/C17H20N2O2/c1-17(2,3)21-16(20)19-12-5-8-13-7-4-10-15-14(13)9-6-11-18-15/h4-11H,12H2,1-3H3,(H,19,20). The molecule has 4 nitrogen and oxygen atoms in total. The van der Waals surface area contributed by atoms with Gasteiger partial charge in [-0.3, -0.25) is 4.98 Å². The van der Waals surface area contributed by atoms with Crippen LogP contribution >= 0.6 is 0 Å². The molecule has 0 bridgehead atoms. The van der Waals surface area contributed by atoms with E-state index in [1.165, 1.54) is 0 Å². The van der Waals surface area contributed by atoms with Gasteiger partial charge in [0, 0.05) is 18.1 Å². The zero-order chi connectivity index (χ0) is 15.3. The molecular formula is C17H20N2O2. The smallest absolute Gasteiger partial charge is 0.407 e. The van der Waals surface area contributed by atoms with Gasteiger partial charge < -0.3 is 10.1 Å². The van der Waals surface area contributed by atoms with Gasteiger partial charge in [0.15, 0.2) is 0 Å². The van der Waals surface area contributed by atoms with Gasteiger partial charge >= 0.3 is 6.09 Å². The summed E-state index contributed by atoms with van der Waals surface area (Å²) in [4.78, 5) is 15.8. The van der Waals surface area contributed by atoms with E-state index < -0.39 is 11.7 Å². The number of hydrogen-bond donors (Lipinski definition) is 1. The summed E-state index contributed by atoms with van der Waals surface area (Å²) < 4.78 is 5.17. The largest absolute Gasteiger partial charge is 0.444 e. The number of fused-ring (bicyclic) bond motifs is 1. The number of amides is 1. The number of carbonyl (C=O) groups excluding carboxylic acids is 1. The molecule has 21 heavy (non-hydrogen) atoms. The zero-order valence-corrected chi connectivity index (χ0v) is 12.6. The predicted octanol–water partition coefficient (Wildman–Crippen LogP) is 3.77. The maximum absolute atomic E-state index is 11.5. The molecule has 1 aromatic carbocycles. The Balaban J connectivity index is 1.96. The fourth-order valence-corrected chi connectivity index (χ4v) is 1.91. The van der Waals surface area contributed by atoms with Gasteiger partial charge in [-0.15, -0.1) is 0 Å². The number of benzene rings is 1. The van der Waals surface area contributed by atoms with Crippen molar-refractivity contribution in [2.75, 3.05) is 6.54 Å². The molecule has 0 spiro atoms. The fraction of sp³-hybridized carbons (Fsp3) is 0.294. The van der Waals surface area contributed by atoms with Gasteiger partial charge in [0.1, 0.15) is 5.60 Å². The maximum Gasteiger partial charge on any atom is 0.407 e. The molecule has 2 aromatic rings. The molecule has 4 heteroatoms. The van der Waals surface area contributed by atoms with Gasteiger partial charge in [0.2, 0.25) is 0 Å². The summed E-state index contributed by atoms with van der Waals surface area (Å²) in [5.41, 5.74) is 1.56. The van der Waals surface area contributed by atoms with Crippen LogP contribution < -0.4 is 5.32 Å². The Morgan fingerprint density at radius 2 is 2.10 bits per heavy atom. The third-order valence-corrected chi connectivity index (χ3v) is 2.74. The first-order valence-electron chi connectivity index (χ1n) is 6.93. The van der Waals surface area contributed by atoms with Gasteiger partial charge in [0.25, 0.3) is 0 Å². The van der Waals surface area contributed by atoms with Crippen molar-refractivity contribution in [3.05, 3.63) is 48.2 Å². The Morgan fingerprint density at radius 3 is 2.86 bits per heavy atom. The van der Waals surface area contributed by atoms with Gasteiger partial charge in [-0.1, -0.05) is 30.4 Å². The van der Waals surface area contributed by atoms with Gasteiger partial charge in [-0.25, -0.2) is 4.79 Å². The van der Waals surface area contributed by atoms with E-state index in [0.717, 1.165) is 16.5 Å². The van der Waals surface area contributed by atoms with E-state index in [4.69, 9.17) is 4.74 Å². The summed E-state index contributed by atoms with van der Waals surface area (Å²) in [6, 6.07) is 9.91. The second kappa shape index (κ2) is 6.39. The summed E-state index contributed by atoms with van der Waals surface area (Å²) in [6.07, 6.45) is 5.24. The van der Waals surface area contributed by atoms with Crippen LogP contribution in [-0.2, 0) is 4.74 Å². The highest BCUT2D eigenvalue weighted by Crippen LogP contribution is 2.17. The fourth-order valence-electron chi connectivity index (χ4n) is 1.91. The Bertz CT molecular complexity index is 652. The van der Waals surface area contributed by atoms with Crippen LogP contribution in [0.2, 0.25) is 0 Å². The van der Waals surface area contributed by atoms with Crippen LogP contribution in [0.5, 0.6) is 0 Å². The average Bonchev–Trinajstić information content (AvgIpc) is 2.42. The predicted molar refractivity (Wildman–Crippen MR) is 85.0 cm³/mol. The van der Waals surface area contributed by atoms with Crippen LogP contribution in [0.25, 0.3) is 17.0 Å². The molecule has 0 saturated heterocycles. The first-order chi connectivity index (χ1) is 9.96. The summed E-state index contributed by atoms with van der Waals surface area (Å²) in [5, 5.41) is 3.79. The molecular weight excluding hydrogens is 264 g/mol. The number of hydrogen-bond acceptors (Lipinski definition) is 3. The van der Waals surface area contributed by atoms with Crippen molar-refractivity contribution in [3.63, 3.8) is 0 Å². The Kier molecular flexibility index (Phi) is 4.58. The molecule has 0 aliphatic heterocycles. The quantitative estimate of drug-likeness (QED) is 0.933. The van der Waals surface area contributed by atoms with E-state index in [1.54, 1.807) is 6.20 Å². The number of nitrogens with one attached hydrogen (secondary N) is 1. The van der Waals surface area contributed by atoms with Crippen LogP contribution in [0.1, 0.15) is 26.3 Å². The van der Waals surface area contributed by atoms with E-state index in [-0.39, 0.29) is 0 Å². The SMILES string of the molecule is CC(C)(C)OC(=O)NCC=Cc1cccc2ncccc12. The van der Waals surface area contributed by atoms with E-state index in [1.807, 2.05) is 63.3 Å². The summed E-state index contributed by atoms with van der Waals surface area (Å²) in [6.45, 7) is 5.94. The van der Waals surface area contributed by atoms with Crippen molar-refractivity contribution in [2.24, 2.45) is 0 Å². The first-order valence-corrected chi connectivity index (χ1v) is 6.93. The van der Waals surface area contributed by atoms with Crippen LogP contribution in [0.4, 0.5) is 4.79 Å². The number of aromatic nitrogens is 1. The van der Waals surface area contributed by atoms with E-state index in [0.29, 0.717) is 6.54 Å². The molecule has 1 aromatic heterocycles. The van der Waals surface area contributed by atoms with Crippen LogP contribution in [0.3, 0.4) is 0 Å². The number of ether oxygens (including phenoxy) is 1. The number of nitrogens with zero attached hydrogens (tertiary/aromatic N) is 1. The van der Waals surface area contributed by atoms with Crippen LogP contribution in [-0.4, -0.2) is 23.2 Å². The minimum Gasteiger partial charge on any atom is -0.444 e. The molecule has 0 aliphatic rings. The molecule has 0 radical (unpaired) electrons. The van der Waals surface area contributed by atoms with Crippen molar-refractivity contribution in [1.29, 1.82) is 0 Å². The molecule has 2 rings (SSSR count). The van der Waals surface area contributed by atoms with Gasteiger partial charge in [-0.2, -0.15) is 0 Å². The Morgan fingerprint density at radius 1 is 1.29 bits per heavy atom. The molecule has 0 fully saturated rings. The van der Waals surface area contributed by atoms with Crippen molar-refractivity contribution in [2.45, 2.75) is 26.4 Å². The molecule has 1 heterocycles. The lowest BCUT2D eigenvalue weighted by Crippen LogP contribution is -2.32. The summed E-state index contributed by atoms with van der Waals surface area (Å²) in [7, 11) is 0. The molecule has 1 N–H and O–H groups in total. The van der Waals surface area contributed by atoms with E-state index >= 15 is 0 Å². The third kappa shape index (κ3) is 4.60. The van der Waals surface area contributed by atoms with Gasteiger partial charge in [0.05, 0.1) is 5.52 Å². The first kappa shape index (κ1) is 15.0. The molecule has 0 atom stereocenters. The number of rotatable bonds is 3. The molecule has 110 valence electrons. The number of pyridine rings is 1. The van der Waals surface area contributed by atoms with Crippen molar-refractivity contribution < 1.29 is 9.53 Å². The monoisotopic (exact) mass is 284 g/mol. The topological polar surface area (TPSA) is 51.2 Å². The number of alkyl carbamates (subject to hydrolysis) is 1. The molecule has 0 saturated carbocycles. The number of carbonyl (C=O) groups is 1. The maximum atomic E-state index is 11.5. The highest BCUT2D eigenvalue weighted by atomic mass is 16.6. The summed E-state index contributed by atoms with van der Waals surface area (Å²) >= 11 is 0. The second-order valence-electron chi connectivity index (χ2n) is 5.70. The van der Waals surface area contributed by atoms with E-state index in [2.05, 4.69) is 10.3 Å². The third-order valence-electron chi connectivity index (χ3n) is 2.74. The van der Waals surface area contributed by atoms with Crippen molar-refractivity contribution in [1.82, 2.24) is 10.3 Å². The molecule has 0 aliphatic carbocycles. The summed E-state index contributed by atoms with van der Waals surface area (Å²) in [5.74, 6) is 0. The van der Waals surface area contributed by atoms with Crippen LogP contribution in [0, 0.1) is 0 Å². The van der Waals surface area contributed by atoms with E-state index in [9.17, 15) is 4.79 Å². The minimum absolute atomic E-state index is 0.410. The lowest BCUT2D eigenvalue weighted by Gasteiger charge is -2.19. The second-order valence-corrected chi connectivity index (χ2v) is 5.70. The minimum atomic E-state index is -0.477. The Labute approximate surface area is 124 Å². The molecule has 0 unspecified atom stereocenters. The lowest BCUT2D eigenvalue weighted by atomic mass is 10.1. The average molecular weight is 284 g/mol.